The molecule has 0 radical (unpaired) electrons. The van der Waals surface area contributed by atoms with Crippen LogP contribution in [0.15, 0.2) is 12.4 Å². The molecule has 108 valence electrons. The number of hydrogen-bond acceptors (Lipinski definition) is 4. The van der Waals surface area contributed by atoms with Crippen molar-refractivity contribution in [1.29, 1.82) is 0 Å². The first-order valence-corrected chi connectivity index (χ1v) is 7.40. The van der Waals surface area contributed by atoms with E-state index in [9.17, 15) is 0 Å². The summed E-state index contributed by atoms with van der Waals surface area (Å²) in [5, 5.41) is 3.54. The molecule has 0 spiro atoms. The van der Waals surface area contributed by atoms with Crippen LogP contribution in [0.25, 0.3) is 0 Å². The zero-order valence-corrected chi connectivity index (χ0v) is 12.6. The number of nitrogens with zero attached hydrogens (tertiary/aromatic N) is 2. The third-order valence-electron chi connectivity index (χ3n) is 3.26. The predicted molar refractivity (Wildman–Crippen MR) is 78.6 cm³/mol. The first-order valence-electron chi connectivity index (χ1n) is 7.40. The van der Waals surface area contributed by atoms with E-state index in [-0.39, 0.29) is 0 Å². The molecule has 0 amide bonds. The van der Waals surface area contributed by atoms with Crippen LogP contribution in [-0.4, -0.2) is 29.2 Å². The highest BCUT2D eigenvalue weighted by Crippen LogP contribution is 2.23. The van der Waals surface area contributed by atoms with Gasteiger partial charge < -0.3 is 10.1 Å². The fraction of sp³-hybridized carbons (Fsp3) is 0.733. The first-order chi connectivity index (χ1) is 9.22. The fourth-order valence-electron chi connectivity index (χ4n) is 2.17. The standard InChI is InChI=1S/C15H27N3O/c1-5-8-16-12(4)13(7-3)14-10-15(18-11-17-14)19-9-6-2/h10-13,16H,5-9H2,1-4H3. The molecule has 0 aliphatic heterocycles. The van der Waals surface area contributed by atoms with Gasteiger partial charge in [-0.2, -0.15) is 0 Å². The smallest absolute Gasteiger partial charge is 0.216 e. The molecule has 2 unspecified atom stereocenters. The van der Waals surface area contributed by atoms with Crippen LogP contribution in [0.3, 0.4) is 0 Å². The van der Waals surface area contributed by atoms with Gasteiger partial charge in [0.25, 0.3) is 0 Å². The van der Waals surface area contributed by atoms with E-state index in [4.69, 9.17) is 4.74 Å². The maximum atomic E-state index is 5.58. The van der Waals surface area contributed by atoms with Crippen molar-refractivity contribution in [2.75, 3.05) is 13.2 Å². The molecule has 0 aliphatic carbocycles. The Hall–Kier alpha value is -1.16. The summed E-state index contributed by atoms with van der Waals surface area (Å²) in [5.41, 5.74) is 1.07. The highest BCUT2D eigenvalue weighted by molar-refractivity contribution is 5.18. The van der Waals surface area contributed by atoms with Gasteiger partial charge in [-0.05, 0) is 32.7 Å². The second-order valence-electron chi connectivity index (χ2n) is 4.89. The number of aromatic nitrogens is 2. The summed E-state index contributed by atoms with van der Waals surface area (Å²) in [6, 6.07) is 2.40. The number of nitrogens with one attached hydrogen (secondary N) is 1. The minimum atomic E-state index is 0.401. The lowest BCUT2D eigenvalue weighted by Gasteiger charge is -2.23. The lowest BCUT2D eigenvalue weighted by Crippen LogP contribution is -2.33. The Kier molecular flexibility index (Phi) is 7.41. The van der Waals surface area contributed by atoms with Gasteiger partial charge >= 0.3 is 0 Å². The van der Waals surface area contributed by atoms with Crippen molar-refractivity contribution in [3.63, 3.8) is 0 Å². The van der Waals surface area contributed by atoms with Crippen LogP contribution < -0.4 is 10.1 Å². The Labute approximate surface area is 117 Å². The van der Waals surface area contributed by atoms with Crippen molar-refractivity contribution in [2.24, 2.45) is 0 Å². The van der Waals surface area contributed by atoms with Gasteiger partial charge in [-0.3, -0.25) is 0 Å². The molecule has 1 aromatic rings. The second kappa shape index (κ2) is 8.86. The Bertz CT molecular complexity index is 357. The Balaban J connectivity index is 2.73. The Morgan fingerprint density at radius 3 is 2.63 bits per heavy atom. The van der Waals surface area contributed by atoms with E-state index in [1.54, 1.807) is 6.33 Å². The zero-order chi connectivity index (χ0) is 14.1. The first kappa shape index (κ1) is 15.9. The molecular weight excluding hydrogens is 238 g/mol. The van der Waals surface area contributed by atoms with Crippen molar-refractivity contribution < 1.29 is 4.74 Å². The summed E-state index contributed by atoms with van der Waals surface area (Å²) < 4.78 is 5.58. The molecular formula is C15H27N3O. The number of hydrogen-bond donors (Lipinski definition) is 1. The highest BCUT2D eigenvalue weighted by atomic mass is 16.5. The summed E-state index contributed by atoms with van der Waals surface area (Å²) >= 11 is 0. The molecule has 0 saturated carbocycles. The molecule has 0 aromatic carbocycles. The molecule has 1 N–H and O–H groups in total. The maximum Gasteiger partial charge on any atom is 0.216 e. The van der Waals surface area contributed by atoms with Crippen molar-refractivity contribution in [3.8, 4) is 5.88 Å². The van der Waals surface area contributed by atoms with Gasteiger partial charge in [0.2, 0.25) is 5.88 Å². The Morgan fingerprint density at radius 2 is 2.00 bits per heavy atom. The van der Waals surface area contributed by atoms with Crippen LogP contribution in [-0.2, 0) is 0 Å². The second-order valence-corrected chi connectivity index (χ2v) is 4.89. The highest BCUT2D eigenvalue weighted by Gasteiger charge is 2.19. The zero-order valence-electron chi connectivity index (χ0n) is 12.6. The average Bonchev–Trinajstić information content (AvgIpc) is 2.44. The van der Waals surface area contributed by atoms with E-state index >= 15 is 0 Å². The van der Waals surface area contributed by atoms with Gasteiger partial charge in [-0.25, -0.2) is 9.97 Å². The molecule has 19 heavy (non-hydrogen) atoms. The van der Waals surface area contributed by atoms with E-state index in [0.717, 1.165) is 31.5 Å². The van der Waals surface area contributed by atoms with E-state index in [1.807, 2.05) is 6.07 Å². The summed E-state index contributed by atoms with van der Waals surface area (Å²) in [5.74, 6) is 1.09. The lowest BCUT2D eigenvalue weighted by atomic mass is 9.94. The minimum Gasteiger partial charge on any atom is -0.478 e. The van der Waals surface area contributed by atoms with Crippen molar-refractivity contribution >= 4 is 0 Å². The summed E-state index contributed by atoms with van der Waals surface area (Å²) in [4.78, 5) is 8.58. The van der Waals surface area contributed by atoms with Gasteiger partial charge in [-0.15, -0.1) is 0 Å². The molecule has 0 saturated heterocycles. The van der Waals surface area contributed by atoms with Crippen molar-refractivity contribution in [2.45, 2.75) is 58.9 Å². The van der Waals surface area contributed by atoms with Crippen LogP contribution in [0, 0.1) is 0 Å². The minimum absolute atomic E-state index is 0.401. The monoisotopic (exact) mass is 265 g/mol. The number of ether oxygens (including phenoxy) is 1. The Morgan fingerprint density at radius 1 is 1.21 bits per heavy atom. The molecule has 4 heteroatoms. The van der Waals surface area contributed by atoms with Gasteiger partial charge in [0, 0.05) is 18.0 Å². The molecule has 4 nitrogen and oxygen atoms in total. The van der Waals surface area contributed by atoms with Gasteiger partial charge in [0.15, 0.2) is 0 Å². The number of rotatable bonds is 9. The van der Waals surface area contributed by atoms with Crippen LogP contribution in [0.4, 0.5) is 0 Å². The maximum absolute atomic E-state index is 5.58. The van der Waals surface area contributed by atoms with Crippen molar-refractivity contribution in [3.05, 3.63) is 18.1 Å². The van der Waals surface area contributed by atoms with E-state index in [0.29, 0.717) is 24.4 Å². The lowest BCUT2D eigenvalue weighted by molar-refractivity contribution is 0.303. The molecule has 0 aliphatic rings. The van der Waals surface area contributed by atoms with Crippen LogP contribution >= 0.6 is 0 Å². The van der Waals surface area contributed by atoms with Crippen LogP contribution in [0.1, 0.15) is 58.6 Å². The average molecular weight is 265 g/mol. The molecule has 1 rings (SSSR count). The van der Waals surface area contributed by atoms with Gasteiger partial charge in [0.05, 0.1) is 12.3 Å². The van der Waals surface area contributed by atoms with E-state index in [2.05, 4.69) is 43.0 Å². The third-order valence-corrected chi connectivity index (χ3v) is 3.26. The fourth-order valence-corrected chi connectivity index (χ4v) is 2.17. The van der Waals surface area contributed by atoms with Gasteiger partial charge in [-0.1, -0.05) is 20.8 Å². The summed E-state index contributed by atoms with van der Waals surface area (Å²) in [6.45, 7) is 10.4. The normalized spacial score (nSPS) is 14.1. The molecule has 2 atom stereocenters. The SMILES string of the molecule is CCCNC(C)C(CC)c1cc(OCCC)ncn1. The molecule has 0 bridgehead atoms. The van der Waals surface area contributed by atoms with Gasteiger partial charge in [0.1, 0.15) is 6.33 Å². The van der Waals surface area contributed by atoms with E-state index < -0.39 is 0 Å². The van der Waals surface area contributed by atoms with E-state index in [1.165, 1.54) is 0 Å². The molecule has 0 fully saturated rings. The van der Waals surface area contributed by atoms with Crippen LogP contribution in [0.5, 0.6) is 5.88 Å². The third kappa shape index (κ3) is 5.15. The van der Waals surface area contributed by atoms with Crippen LogP contribution in [0.2, 0.25) is 0 Å². The predicted octanol–water partition coefficient (Wildman–Crippen LogP) is 3.15. The summed E-state index contributed by atoms with van der Waals surface area (Å²) in [6.07, 6.45) is 4.80. The molecule has 1 aromatic heterocycles. The quantitative estimate of drug-likeness (QED) is 0.745. The largest absolute Gasteiger partial charge is 0.478 e. The topological polar surface area (TPSA) is 47.0 Å². The summed E-state index contributed by atoms with van der Waals surface area (Å²) in [7, 11) is 0. The molecule has 1 heterocycles. The van der Waals surface area contributed by atoms with Crippen molar-refractivity contribution in [1.82, 2.24) is 15.3 Å².